The highest BCUT2D eigenvalue weighted by Crippen LogP contribution is 2.35. The summed E-state index contributed by atoms with van der Waals surface area (Å²) in [6.07, 6.45) is 5.16. The van der Waals surface area contributed by atoms with E-state index in [1.54, 1.807) is 6.20 Å². The van der Waals surface area contributed by atoms with Gasteiger partial charge in [-0.05, 0) is 26.2 Å². The van der Waals surface area contributed by atoms with E-state index in [1.165, 1.54) is 12.8 Å². The second-order valence-corrected chi connectivity index (χ2v) is 4.64. The van der Waals surface area contributed by atoms with Crippen molar-refractivity contribution in [2.45, 2.75) is 44.8 Å². The highest BCUT2D eigenvalue weighted by Gasteiger charge is 2.36. The van der Waals surface area contributed by atoms with Gasteiger partial charge in [-0.3, -0.25) is 0 Å². The Labute approximate surface area is 100 Å². The summed E-state index contributed by atoms with van der Waals surface area (Å²) >= 11 is 0. The molecule has 1 fully saturated rings. The number of esters is 1. The first-order valence-electron chi connectivity index (χ1n) is 6.28. The van der Waals surface area contributed by atoms with Crippen LogP contribution in [0, 0.1) is 0 Å². The molecule has 0 spiro atoms. The van der Waals surface area contributed by atoms with Crippen LogP contribution in [-0.2, 0) is 11.3 Å². The van der Waals surface area contributed by atoms with Gasteiger partial charge in [0.15, 0.2) is 0 Å². The van der Waals surface area contributed by atoms with Gasteiger partial charge in [0.2, 0.25) is 0 Å². The second-order valence-electron chi connectivity index (χ2n) is 4.64. The van der Waals surface area contributed by atoms with Gasteiger partial charge in [0.1, 0.15) is 11.5 Å². The van der Waals surface area contributed by atoms with Crippen molar-refractivity contribution in [2.75, 3.05) is 6.61 Å². The number of ether oxygens (including phenoxy) is 1. The van der Waals surface area contributed by atoms with Crippen LogP contribution in [0.4, 0.5) is 0 Å². The van der Waals surface area contributed by atoms with E-state index in [9.17, 15) is 4.79 Å². The summed E-state index contributed by atoms with van der Waals surface area (Å²) in [5, 5.41) is 3.49. The maximum absolute atomic E-state index is 11.9. The van der Waals surface area contributed by atoms with E-state index in [1.807, 2.05) is 6.92 Å². The second kappa shape index (κ2) is 4.14. The molecule has 2 atom stereocenters. The Hall–Kier alpha value is -1.36. The van der Waals surface area contributed by atoms with Crippen molar-refractivity contribution in [2.24, 2.45) is 0 Å². The molecule has 5 heteroatoms. The molecular weight excluding hydrogens is 218 g/mol. The first-order chi connectivity index (χ1) is 8.31. The minimum Gasteiger partial charge on any atom is -0.461 e. The maximum Gasteiger partial charge on any atom is 0.356 e. The van der Waals surface area contributed by atoms with E-state index in [-0.39, 0.29) is 5.97 Å². The van der Waals surface area contributed by atoms with Crippen LogP contribution < -0.4 is 5.32 Å². The van der Waals surface area contributed by atoms with Crippen molar-refractivity contribution in [3.63, 3.8) is 0 Å². The summed E-state index contributed by atoms with van der Waals surface area (Å²) in [7, 11) is 0. The number of nitrogens with zero attached hydrogens (tertiary/aromatic N) is 2. The van der Waals surface area contributed by atoms with Crippen LogP contribution in [0.2, 0.25) is 0 Å². The van der Waals surface area contributed by atoms with Crippen LogP contribution in [0.5, 0.6) is 0 Å². The molecule has 2 heterocycles. The predicted octanol–water partition coefficient (Wildman–Crippen LogP) is 1.26. The van der Waals surface area contributed by atoms with E-state index < -0.39 is 0 Å². The van der Waals surface area contributed by atoms with Crippen LogP contribution in [-0.4, -0.2) is 28.2 Å². The summed E-state index contributed by atoms with van der Waals surface area (Å²) in [5.41, 5.74) is 0.611. The minimum atomic E-state index is -0.251. The Bertz CT molecular complexity index is 441. The SMILES string of the molecule is CCOC(=O)c1cnc2n1C1CCCC1NC2. The monoisotopic (exact) mass is 235 g/mol. The Balaban J connectivity index is 1.97. The van der Waals surface area contributed by atoms with Gasteiger partial charge in [-0.1, -0.05) is 0 Å². The summed E-state index contributed by atoms with van der Waals surface area (Å²) < 4.78 is 7.17. The zero-order valence-corrected chi connectivity index (χ0v) is 9.98. The van der Waals surface area contributed by atoms with Crippen molar-refractivity contribution < 1.29 is 9.53 Å². The zero-order chi connectivity index (χ0) is 11.8. The van der Waals surface area contributed by atoms with Crippen molar-refractivity contribution >= 4 is 5.97 Å². The standard InChI is InChI=1S/C12H17N3O2/c1-2-17-12(16)10-6-14-11-7-13-8-4-3-5-9(8)15(10)11/h6,8-9,13H,2-5,7H2,1H3. The number of nitrogens with one attached hydrogen (secondary N) is 1. The molecule has 3 rings (SSSR count). The van der Waals surface area contributed by atoms with E-state index in [4.69, 9.17) is 4.74 Å². The molecule has 0 radical (unpaired) electrons. The van der Waals surface area contributed by atoms with Gasteiger partial charge in [-0.25, -0.2) is 9.78 Å². The van der Waals surface area contributed by atoms with Gasteiger partial charge in [0.05, 0.1) is 25.4 Å². The fraction of sp³-hybridized carbons (Fsp3) is 0.667. The van der Waals surface area contributed by atoms with Crippen molar-refractivity contribution in [1.29, 1.82) is 0 Å². The lowest BCUT2D eigenvalue weighted by molar-refractivity contribution is 0.0508. The smallest absolute Gasteiger partial charge is 0.356 e. The third-order valence-electron chi connectivity index (χ3n) is 3.69. The van der Waals surface area contributed by atoms with E-state index in [0.717, 1.165) is 18.8 Å². The zero-order valence-electron chi connectivity index (χ0n) is 9.98. The van der Waals surface area contributed by atoms with Crippen LogP contribution in [0.25, 0.3) is 0 Å². The third-order valence-corrected chi connectivity index (χ3v) is 3.69. The molecule has 0 aromatic carbocycles. The van der Waals surface area contributed by atoms with Crippen LogP contribution in [0.15, 0.2) is 6.20 Å². The number of imidazole rings is 1. The van der Waals surface area contributed by atoms with Gasteiger partial charge in [-0.2, -0.15) is 0 Å². The number of hydrogen-bond donors (Lipinski definition) is 1. The first kappa shape index (κ1) is 10.8. The average molecular weight is 235 g/mol. The first-order valence-corrected chi connectivity index (χ1v) is 6.28. The van der Waals surface area contributed by atoms with Crippen LogP contribution >= 0.6 is 0 Å². The largest absolute Gasteiger partial charge is 0.461 e. The number of fused-ring (bicyclic) bond motifs is 3. The van der Waals surface area contributed by atoms with E-state index >= 15 is 0 Å². The topological polar surface area (TPSA) is 56.1 Å². The lowest BCUT2D eigenvalue weighted by Gasteiger charge is -2.30. The molecule has 2 aliphatic rings. The number of aromatic nitrogens is 2. The number of rotatable bonds is 2. The lowest BCUT2D eigenvalue weighted by Crippen LogP contribution is -2.40. The fourth-order valence-electron chi connectivity index (χ4n) is 2.97. The Morgan fingerprint density at radius 2 is 2.53 bits per heavy atom. The van der Waals surface area contributed by atoms with Gasteiger partial charge in [0.25, 0.3) is 0 Å². The quantitative estimate of drug-likeness (QED) is 0.784. The molecule has 1 aliphatic carbocycles. The number of hydrogen-bond acceptors (Lipinski definition) is 4. The van der Waals surface area contributed by atoms with Crippen LogP contribution in [0.1, 0.15) is 48.5 Å². The molecule has 1 aliphatic heterocycles. The summed E-state index contributed by atoms with van der Waals surface area (Å²) in [6, 6.07) is 0.866. The molecule has 5 nitrogen and oxygen atoms in total. The summed E-state index contributed by atoms with van der Waals surface area (Å²) in [6.45, 7) is 2.98. The predicted molar refractivity (Wildman–Crippen MR) is 61.7 cm³/mol. The molecule has 0 amide bonds. The highest BCUT2D eigenvalue weighted by atomic mass is 16.5. The number of carbonyl (C=O) groups is 1. The van der Waals surface area contributed by atoms with Crippen molar-refractivity contribution in [1.82, 2.24) is 14.9 Å². The Morgan fingerprint density at radius 1 is 1.65 bits per heavy atom. The molecule has 1 aromatic rings. The van der Waals surface area contributed by atoms with Crippen molar-refractivity contribution in [3.8, 4) is 0 Å². The minimum absolute atomic E-state index is 0.251. The van der Waals surface area contributed by atoms with Gasteiger partial charge in [0, 0.05) is 6.04 Å². The summed E-state index contributed by atoms with van der Waals surface area (Å²) in [5.74, 6) is 0.704. The Kier molecular flexibility index (Phi) is 2.63. The van der Waals surface area contributed by atoms with Gasteiger partial charge in [-0.15, -0.1) is 0 Å². The molecule has 0 saturated heterocycles. The molecule has 17 heavy (non-hydrogen) atoms. The molecule has 1 aromatic heterocycles. The van der Waals surface area contributed by atoms with Gasteiger partial charge >= 0.3 is 5.97 Å². The maximum atomic E-state index is 11.9. The van der Waals surface area contributed by atoms with Crippen LogP contribution in [0.3, 0.4) is 0 Å². The molecule has 0 bridgehead atoms. The Morgan fingerprint density at radius 3 is 3.35 bits per heavy atom. The molecule has 92 valence electrons. The van der Waals surface area contributed by atoms with Crippen molar-refractivity contribution in [3.05, 3.63) is 17.7 Å². The highest BCUT2D eigenvalue weighted by molar-refractivity contribution is 5.87. The molecule has 1 N–H and O–H groups in total. The third kappa shape index (κ3) is 1.65. The van der Waals surface area contributed by atoms with Gasteiger partial charge < -0.3 is 14.6 Å². The lowest BCUT2D eigenvalue weighted by atomic mass is 10.1. The average Bonchev–Trinajstić information content (AvgIpc) is 2.94. The van der Waals surface area contributed by atoms with E-state index in [2.05, 4.69) is 14.9 Å². The molecular formula is C12H17N3O2. The normalized spacial score (nSPS) is 26.4. The summed E-state index contributed by atoms with van der Waals surface area (Å²) in [4.78, 5) is 16.2. The molecule has 2 unspecified atom stereocenters. The van der Waals surface area contributed by atoms with E-state index in [0.29, 0.717) is 24.4 Å². The fourth-order valence-corrected chi connectivity index (χ4v) is 2.97. The molecule has 1 saturated carbocycles. The number of carbonyl (C=O) groups excluding carboxylic acids is 1.